The fraction of sp³-hybridized carbons (Fsp3) is 0.190. The largest absolute Gasteiger partial charge is 0.497 e. The summed E-state index contributed by atoms with van der Waals surface area (Å²) >= 11 is 0. The van der Waals surface area contributed by atoms with Gasteiger partial charge in [-0.25, -0.2) is 9.18 Å². The zero-order valence-corrected chi connectivity index (χ0v) is 14.8. The molecule has 3 aromatic carbocycles. The van der Waals surface area contributed by atoms with Gasteiger partial charge in [-0.15, -0.1) is 0 Å². The predicted molar refractivity (Wildman–Crippen MR) is 101 cm³/mol. The van der Waals surface area contributed by atoms with Crippen LogP contribution in [-0.4, -0.2) is 25.1 Å². The maximum absolute atomic E-state index is 12.9. The van der Waals surface area contributed by atoms with Crippen molar-refractivity contribution in [1.29, 1.82) is 0 Å². The van der Waals surface area contributed by atoms with Crippen LogP contribution in [0.15, 0.2) is 60.7 Å². The monoisotopic (exact) mass is 352 g/mol. The van der Waals surface area contributed by atoms with Crippen molar-refractivity contribution < 1.29 is 13.9 Å². The number of fused-ring (bicyclic) bond motifs is 1. The number of hydrogen-bond donors (Lipinski definition) is 1. The third kappa shape index (κ3) is 4.30. The Kier molecular flexibility index (Phi) is 5.37. The lowest BCUT2D eigenvalue weighted by Crippen LogP contribution is -2.36. The molecule has 0 spiro atoms. The summed E-state index contributed by atoms with van der Waals surface area (Å²) in [6.07, 6.45) is 0. The maximum atomic E-state index is 12.9. The highest BCUT2D eigenvalue weighted by molar-refractivity contribution is 5.84. The Labute approximate surface area is 152 Å². The Morgan fingerprint density at radius 1 is 1.00 bits per heavy atom. The van der Waals surface area contributed by atoms with Gasteiger partial charge in [-0.3, -0.25) is 0 Å². The number of ether oxygens (including phenoxy) is 1. The third-order valence-corrected chi connectivity index (χ3v) is 4.24. The van der Waals surface area contributed by atoms with Gasteiger partial charge in [0.15, 0.2) is 0 Å². The van der Waals surface area contributed by atoms with Crippen LogP contribution in [0.25, 0.3) is 10.8 Å². The van der Waals surface area contributed by atoms with E-state index in [1.807, 2.05) is 30.3 Å². The van der Waals surface area contributed by atoms with Crippen LogP contribution in [0.4, 0.5) is 9.18 Å². The number of carbonyl (C=O) groups is 1. The zero-order valence-electron chi connectivity index (χ0n) is 14.8. The van der Waals surface area contributed by atoms with E-state index in [4.69, 9.17) is 4.74 Å². The highest BCUT2D eigenvalue weighted by Crippen LogP contribution is 2.21. The second kappa shape index (κ2) is 7.87. The molecule has 0 aliphatic heterocycles. The summed E-state index contributed by atoms with van der Waals surface area (Å²) in [6, 6.07) is 17.9. The number of benzene rings is 3. The number of nitrogens with one attached hydrogen (secondary N) is 1. The standard InChI is InChI=1S/C21H21FN2O2/c1-24(14-15-4-8-19(22)9-5-15)21(25)23-13-16-3-6-18-12-20(26-2)10-7-17(18)11-16/h3-12H,13-14H2,1-2H3,(H,23,25). The fourth-order valence-electron chi connectivity index (χ4n) is 2.76. The molecule has 1 N–H and O–H groups in total. The molecular weight excluding hydrogens is 331 g/mol. The van der Waals surface area contributed by atoms with Crippen LogP contribution in [0, 0.1) is 5.82 Å². The second-order valence-corrected chi connectivity index (χ2v) is 6.19. The van der Waals surface area contributed by atoms with Gasteiger partial charge in [-0.1, -0.05) is 30.3 Å². The van der Waals surface area contributed by atoms with E-state index in [9.17, 15) is 9.18 Å². The van der Waals surface area contributed by atoms with Gasteiger partial charge in [0.25, 0.3) is 0 Å². The molecule has 5 heteroatoms. The second-order valence-electron chi connectivity index (χ2n) is 6.19. The number of carbonyl (C=O) groups excluding carboxylic acids is 1. The molecule has 2 amide bonds. The molecule has 0 aromatic heterocycles. The van der Waals surface area contributed by atoms with Crippen LogP contribution in [0.1, 0.15) is 11.1 Å². The minimum Gasteiger partial charge on any atom is -0.497 e. The molecule has 26 heavy (non-hydrogen) atoms. The van der Waals surface area contributed by atoms with E-state index in [0.29, 0.717) is 13.1 Å². The molecule has 4 nitrogen and oxygen atoms in total. The Balaban J connectivity index is 1.59. The molecule has 0 radical (unpaired) electrons. The summed E-state index contributed by atoms with van der Waals surface area (Å²) in [5.74, 6) is 0.538. The predicted octanol–water partition coefficient (Wildman–Crippen LogP) is 4.33. The minimum absolute atomic E-state index is 0.177. The lowest BCUT2D eigenvalue weighted by atomic mass is 10.1. The molecule has 134 valence electrons. The molecule has 0 aliphatic rings. The Morgan fingerprint density at radius 2 is 1.65 bits per heavy atom. The molecule has 3 aromatic rings. The zero-order chi connectivity index (χ0) is 18.5. The first kappa shape index (κ1) is 17.7. The quantitative estimate of drug-likeness (QED) is 0.743. The number of hydrogen-bond acceptors (Lipinski definition) is 2. The molecule has 0 atom stereocenters. The average Bonchev–Trinajstić information content (AvgIpc) is 2.67. The van der Waals surface area contributed by atoms with Crippen LogP contribution in [0.2, 0.25) is 0 Å². The first-order valence-electron chi connectivity index (χ1n) is 8.35. The smallest absolute Gasteiger partial charge is 0.317 e. The summed E-state index contributed by atoms with van der Waals surface area (Å²) in [7, 11) is 3.36. The van der Waals surface area contributed by atoms with Crippen LogP contribution < -0.4 is 10.1 Å². The van der Waals surface area contributed by atoms with Crippen LogP contribution in [-0.2, 0) is 13.1 Å². The van der Waals surface area contributed by atoms with E-state index < -0.39 is 0 Å². The number of nitrogens with zero attached hydrogens (tertiary/aromatic N) is 1. The number of amides is 2. The molecule has 3 rings (SSSR count). The number of methoxy groups -OCH3 is 1. The van der Waals surface area contributed by atoms with Crippen molar-refractivity contribution in [2.75, 3.05) is 14.2 Å². The van der Waals surface area contributed by atoms with E-state index in [0.717, 1.165) is 27.6 Å². The van der Waals surface area contributed by atoms with Crippen molar-refractivity contribution in [3.05, 3.63) is 77.6 Å². The third-order valence-electron chi connectivity index (χ3n) is 4.24. The van der Waals surface area contributed by atoms with Crippen molar-refractivity contribution in [2.45, 2.75) is 13.1 Å². The highest BCUT2D eigenvalue weighted by atomic mass is 19.1. The normalized spacial score (nSPS) is 10.6. The number of halogens is 1. The minimum atomic E-state index is -0.283. The van der Waals surface area contributed by atoms with Gasteiger partial charge in [0.05, 0.1) is 7.11 Å². The van der Waals surface area contributed by atoms with Gasteiger partial charge in [0.1, 0.15) is 11.6 Å². The molecule has 0 saturated carbocycles. The van der Waals surface area contributed by atoms with Crippen molar-refractivity contribution in [3.63, 3.8) is 0 Å². The van der Waals surface area contributed by atoms with Crippen LogP contribution >= 0.6 is 0 Å². The molecule has 0 fully saturated rings. The molecule has 0 heterocycles. The lowest BCUT2D eigenvalue weighted by molar-refractivity contribution is 0.206. The molecule has 0 saturated heterocycles. The van der Waals surface area contributed by atoms with E-state index in [-0.39, 0.29) is 11.8 Å². The van der Waals surface area contributed by atoms with Crippen molar-refractivity contribution in [2.24, 2.45) is 0 Å². The Morgan fingerprint density at radius 3 is 2.38 bits per heavy atom. The molecule has 0 unspecified atom stereocenters. The first-order chi connectivity index (χ1) is 12.5. The maximum Gasteiger partial charge on any atom is 0.317 e. The summed E-state index contributed by atoms with van der Waals surface area (Å²) in [5, 5.41) is 5.09. The summed E-state index contributed by atoms with van der Waals surface area (Å²) in [6.45, 7) is 0.859. The molecular formula is C21H21FN2O2. The van der Waals surface area contributed by atoms with Gasteiger partial charge in [-0.05, 0) is 52.2 Å². The van der Waals surface area contributed by atoms with Gasteiger partial charge in [-0.2, -0.15) is 0 Å². The summed E-state index contributed by atoms with van der Waals surface area (Å²) < 4.78 is 18.2. The van der Waals surface area contributed by atoms with Crippen molar-refractivity contribution in [1.82, 2.24) is 10.2 Å². The summed E-state index contributed by atoms with van der Waals surface area (Å²) in [5.41, 5.74) is 1.90. The number of urea groups is 1. The van der Waals surface area contributed by atoms with Gasteiger partial charge in [0.2, 0.25) is 0 Å². The van der Waals surface area contributed by atoms with Crippen LogP contribution in [0.3, 0.4) is 0 Å². The van der Waals surface area contributed by atoms with E-state index in [2.05, 4.69) is 11.4 Å². The van der Waals surface area contributed by atoms with Crippen molar-refractivity contribution >= 4 is 16.8 Å². The average molecular weight is 352 g/mol. The topological polar surface area (TPSA) is 41.6 Å². The van der Waals surface area contributed by atoms with E-state index in [1.165, 1.54) is 12.1 Å². The summed E-state index contributed by atoms with van der Waals surface area (Å²) in [4.78, 5) is 13.8. The van der Waals surface area contributed by atoms with Gasteiger partial charge < -0.3 is 15.0 Å². The lowest BCUT2D eigenvalue weighted by Gasteiger charge is -2.18. The van der Waals surface area contributed by atoms with E-state index in [1.54, 1.807) is 31.2 Å². The molecule has 0 aliphatic carbocycles. The van der Waals surface area contributed by atoms with E-state index >= 15 is 0 Å². The molecule has 0 bridgehead atoms. The number of rotatable bonds is 5. The first-order valence-corrected chi connectivity index (χ1v) is 8.35. The van der Waals surface area contributed by atoms with Gasteiger partial charge in [0, 0.05) is 20.1 Å². The fourth-order valence-corrected chi connectivity index (χ4v) is 2.76. The van der Waals surface area contributed by atoms with Crippen LogP contribution in [0.5, 0.6) is 5.75 Å². The highest BCUT2D eigenvalue weighted by Gasteiger charge is 2.09. The van der Waals surface area contributed by atoms with Crippen molar-refractivity contribution in [3.8, 4) is 5.75 Å². The Bertz CT molecular complexity index is 910. The Hall–Kier alpha value is -3.08. The SMILES string of the molecule is COc1ccc2cc(CNC(=O)N(C)Cc3ccc(F)cc3)ccc2c1. The van der Waals surface area contributed by atoms with Gasteiger partial charge >= 0.3 is 6.03 Å².